The van der Waals surface area contributed by atoms with Crippen LogP contribution in [0.15, 0.2) is 18.3 Å². The quantitative estimate of drug-likeness (QED) is 0.881. The molecule has 1 aromatic rings. The topological polar surface area (TPSA) is 54.4 Å². The lowest BCUT2D eigenvalue weighted by Gasteiger charge is -2.56. The van der Waals surface area contributed by atoms with Crippen LogP contribution in [0.1, 0.15) is 25.0 Å². The number of halogens is 3. The molecule has 1 spiro atoms. The number of alkyl halides is 3. The van der Waals surface area contributed by atoms with Gasteiger partial charge in [0.1, 0.15) is 5.69 Å². The number of aliphatic hydroxyl groups is 1. The summed E-state index contributed by atoms with van der Waals surface area (Å²) >= 11 is 0. The van der Waals surface area contributed by atoms with Crippen LogP contribution in [0.3, 0.4) is 0 Å². The first-order chi connectivity index (χ1) is 9.92. The highest BCUT2D eigenvalue weighted by atomic mass is 19.4. The Balaban J connectivity index is 1.75. The van der Waals surface area contributed by atoms with Crippen molar-refractivity contribution < 1.29 is 23.0 Å². The van der Waals surface area contributed by atoms with Gasteiger partial charge in [0.15, 0.2) is 0 Å². The number of rotatable bonds is 2. The average Bonchev–Trinajstić information content (AvgIpc) is 2.47. The number of nitrogens with one attached hydrogen (secondary N) is 1. The van der Waals surface area contributed by atoms with Gasteiger partial charge in [0.25, 0.3) is 0 Å². The molecule has 1 aliphatic carbocycles. The van der Waals surface area contributed by atoms with E-state index in [0.717, 1.165) is 25.1 Å². The Bertz CT molecular complexity index is 515. The molecule has 0 radical (unpaired) electrons. The zero-order chi connectivity index (χ0) is 15.1. The lowest BCUT2D eigenvalue weighted by molar-refractivity contribution is -0.141. The summed E-state index contributed by atoms with van der Waals surface area (Å²) in [6.07, 6.45) is -1.72. The molecule has 4 nitrogen and oxygen atoms in total. The number of pyridine rings is 1. The molecule has 2 atom stereocenters. The van der Waals surface area contributed by atoms with Crippen molar-refractivity contribution in [1.29, 1.82) is 0 Å². The molecule has 1 saturated heterocycles. The van der Waals surface area contributed by atoms with Crippen molar-refractivity contribution in [3.8, 4) is 0 Å². The fourth-order valence-corrected chi connectivity index (χ4v) is 3.28. The average molecular weight is 302 g/mol. The number of nitrogens with zero attached hydrogens (tertiary/aromatic N) is 1. The highest BCUT2D eigenvalue weighted by Gasteiger charge is 2.54. The van der Waals surface area contributed by atoms with E-state index in [4.69, 9.17) is 4.74 Å². The summed E-state index contributed by atoms with van der Waals surface area (Å²) < 4.78 is 43.3. The molecule has 1 saturated carbocycles. The van der Waals surface area contributed by atoms with E-state index >= 15 is 0 Å². The minimum absolute atomic E-state index is 0.0279. The van der Waals surface area contributed by atoms with Gasteiger partial charge in [0.05, 0.1) is 6.10 Å². The summed E-state index contributed by atoms with van der Waals surface area (Å²) in [6.45, 7) is 1.17. The first-order valence-corrected chi connectivity index (χ1v) is 6.97. The number of aliphatic hydroxyl groups excluding tert-OH is 1. The first-order valence-electron chi connectivity index (χ1n) is 6.97. The Morgan fingerprint density at radius 3 is 2.67 bits per heavy atom. The van der Waals surface area contributed by atoms with Gasteiger partial charge in [-0.05, 0) is 31.4 Å². The molecule has 1 aliphatic heterocycles. The first kappa shape index (κ1) is 14.6. The van der Waals surface area contributed by atoms with Gasteiger partial charge in [-0.2, -0.15) is 13.2 Å². The molecule has 0 amide bonds. The fraction of sp³-hybridized carbons (Fsp3) is 0.643. The molecule has 0 unspecified atom stereocenters. The maximum absolute atomic E-state index is 12.7. The highest BCUT2D eigenvalue weighted by molar-refractivity contribution is 5.46. The molecular formula is C14H17F3N2O2. The summed E-state index contributed by atoms with van der Waals surface area (Å²) in [7, 11) is 0. The summed E-state index contributed by atoms with van der Waals surface area (Å²) in [5.41, 5.74) is -0.798. The van der Waals surface area contributed by atoms with E-state index in [9.17, 15) is 18.3 Å². The second kappa shape index (κ2) is 5.14. The molecule has 2 fully saturated rings. The standard InChI is InChI=1S/C14H17F3N2O2/c15-14(16,17)11-7-9(1-4-18-11)19-10-8-12(20)13(10)2-5-21-6-3-13/h1,4,7,10,12,20H,2-3,5-6,8H2,(H,18,19)/t10-,12-/m1/s1. The zero-order valence-corrected chi connectivity index (χ0v) is 11.4. The fourth-order valence-electron chi connectivity index (χ4n) is 3.28. The van der Waals surface area contributed by atoms with Gasteiger partial charge in [-0.15, -0.1) is 0 Å². The molecule has 116 valence electrons. The Morgan fingerprint density at radius 1 is 1.33 bits per heavy atom. The number of anilines is 1. The number of ether oxygens (including phenoxy) is 1. The van der Waals surface area contributed by atoms with Gasteiger partial charge in [-0.3, -0.25) is 4.98 Å². The summed E-state index contributed by atoms with van der Waals surface area (Å²) in [5, 5.41) is 13.2. The van der Waals surface area contributed by atoms with Crippen molar-refractivity contribution in [3.05, 3.63) is 24.0 Å². The SMILES string of the molecule is O[C@@H]1C[C@@H](Nc2ccnc(C(F)(F)F)c2)C12CCOCC2. The van der Waals surface area contributed by atoms with E-state index in [-0.39, 0.29) is 11.5 Å². The molecule has 21 heavy (non-hydrogen) atoms. The van der Waals surface area contributed by atoms with Crippen molar-refractivity contribution in [2.45, 2.75) is 37.6 Å². The van der Waals surface area contributed by atoms with Gasteiger partial charge in [-0.25, -0.2) is 0 Å². The van der Waals surface area contributed by atoms with Crippen LogP contribution in [0.25, 0.3) is 0 Å². The third-order valence-corrected chi connectivity index (χ3v) is 4.63. The van der Waals surface area contributed by atoms with Crippen molar-refractivity contribution >= 4 is 5.69 Å². The van der Waals surface area contributed by atoms with Crippen LogP contribution in [-0.4, -0.2) is 35.5 Å². The number of hydrogen-bond donors (Lipinski definition) is 2. The molecule has 0 bridgehead atoms. The lowest BCUT2D eigenvalue weighted by atomic mass is 9.58. The summed E-state index contributed by atoms with van der Waals surface area (Å²) in [4.78, 5) is 3.35. The Morgan fingerprint density at radius 2 is 2.05 bits per heavy atom. The lowest BCUT2D eigenvalue weighted by Crippen LogP contribution is -2.62. The molecule has 2 aliphatic rings. The van der Waals surface area contributed by atoms with E-state index in [1.54, 1.807) is 0 Å². The van der Waals surface area contributed by atoms with Crippen LogP contribution in [0.2, 0.25) is 0 Å². The minimum atomic E-state index is -4.45. The Kier molecular flexibility index (Phi) is 3.57. The third kappa shape index (κ3) is 2.60. The van der Waals surface area contributed by atoms with Crippen LogP contribution in [0.5, 0.6) is 0 Å². The predicted molar refractivity (Wildman–Crippen MR) is 69.8 cm³/mol. The Hall–Kier alpha value is -1.34. The molecular weight excluding hydrogens is 285 g/mol. The van der Waals surface area contributed by atoms with E-state index in [2.05, 4.69) is 10.3 Å². The smallest absolute Gasteiger partial charge is 0.392 e. The summed E-state index contributed by atoms with van der Waals surface area (Å²) in [5.74, 6) is 0. The third-order valence-electron chi connectivity index (χ3n) is 4.63. The van der Waals surface area contributed by atoms with Crippen molar-refractivity contribution in [1.82, 2.24) is 4.98 Å². The van der Waals surface area contributed by atoms with Crippen LogP contribution in [0.4, 0.5) is 18.9 Å². The Labute approximate surface area is 120 Å². The second-order valence-corrected chi connectivity index (χ2v) is 5.72. The molecule has 3 rings (SSSR count). The predicted octanol–water partition coefficient (Wildman–Crippen LogP) is 2.44. The molecule has 7 heteroatoms. The van der Waals surface area contributed by atoms with Crippen LogP contribution >= 0.6 is 0 Å². The number of aromatic nitrogens is 1. The maximum atomic E-state index is 12.7. The summed E-state index contributed by atoms with van der Waals surface area (Å²) in [6, 6.07) is 2.50. The molecule has 2 heterocycles. The zero-order valence-electron chi connectivity index (χ0n) is 11.4. The second-order valence-electron chi connectivity index (χ2n) is 5.72. The van der Waals surface area contributed by atoms with Gasteiger partial charge >= 0.3 is 6.18 Å². The molecule has 2 N–H and O–H groups in total. The van der Waals surface area contributed by atoms with E-state index in [1.807, 2.05) is 0 Å². The largest absolute Gasteiger partial charge is 0.433 e. The van der Waals surface area contributed by atoms with Crippen LogP contribution in [-0.2, 0) is 10.9 Å². The normalized spacial score (nSPS) is 28.2. The highest BCUT2D eigenvalue weighted by Crippen LogP contribution is 2.50. The van der Waals surface area contributed by atoms with Crippen molar-refractivity contribution in [2.75, 3.05) is 18.5 Å². The van der Waals surface area contributed by atoms with E-state index in [1.165, 1.54) is 6.07 Å². The number of hydrogen-bond acceptors (Lipinski definition) is 4. The van der Waals surface area contributed by atoms with Crippen molar-refractivity contribution in [3.63, 3.8) is 0 Å². The maximum Gasteiger partial charge on any atom is 0.433 e. The molecule has 1 aromatic heterocycles. The van der Waals surface area contributed by atoms with Gasteiger partial charge in [0, 0.05) is 36.6 Å². The van der Waals surface area contributed by atoms with Gasteiger partial charge in [-0.1, -0.05) is 0 Å². The monoisotopic (exact) mass is 302 g/mol. The van der Waals surface area contributed by atoms with Gasteiger partial charge < -0.3 is 15.2 Å². The van der Waals surface area contributed by atoms with E-state index in [0.29, 0.717) is 25.3 Å². The van der Waals surface area contributed by atoms with Gasteiger partial charge in [0.2, 0.25) is 0 Å². The minimum Gasteiger partial charge on any atom is -0.392 e. The van der Waals surface area contributed by atoms with Crippen molar-refractivity contribution in [2.24, 2.45) is 5.41 Å². The van der Waals surface area contributed by atoms with E-state index < -0.39 is 18.0 Å². The van der Waals surface area contributed by atoms with Crippen LogP contribution in [0, 0.1) is 5.41 Å². The molecule has 0 aromatic carbocycles. The van der Waals surface area contributed by atoms with Crippen LogP contribution < -0.4 is 5.32 Å².